The Morgan fingerprint density at radius 1 is 1.24 bits per heavy atom. The Morgan fingerprint density at radius 2 is 2.00 bits per heavy atom. The van der Waals surface area contributed by atoms with Gasteiger partial charge in [0.1, 0.15) is 5.03 Å². The number of aromatic nitrogens is 1. The van der Waals surface area contributed by atoms with Gasteiger partial charge in [-0.3, -0.25) is 0 Å². The van der Waals surface area contributed by atoms with Gasteiger partial charge in [0.15, 0.2) is 0 Å². The van der Waals surface area contributed by atoms with E-state index in [1.165, 1.54) is 0 Å². The highest BCUT2D eigenvalue weighted by Gasteiger charge is 2.09. The van der Waals surface area contributed by atoms with Crippen LogP contribution in [0.5, 0.6) is 0 Å². The highest BCUT2D eigenvalue weighted by atomic mass is 79.9. The summed E-state index contributed by atoms with van der Waals surface area (Å²) in [5, 5.41) is 0.959. The van der Waals surface area contributed by atoms with Crippen LogP contribution in [-0.2, 0) is 0 Å². The molecular formula is C13H13BrN2S. The summed E-state index contributed by atoms with van der Waals surface area (Å²) in [6.07, 6.45) is 1.79. The van der Waals surface area contributed by atoms with Crippen molar-refractivity contribution in [3.63, 3.8) is 0 Å². The van der Waals surface area contributed by atoms with E-state index in [9.17, 15) is 0 Å². The molecule has 0 fully saturated rings. The first-order chi connectivity index (χ1) is 8.18. The molecule has 0 unspecified atom stereocenters. The fourth-order valence-electron chi connectivity index (χ4n) is 1.50. The van der Waals surface area contributed by atoms with E-state index >= 15 is 0 Å². The lowest BCUT2D eigenvalue weighted by molar-refractivity contribution is 0.797. The van der Waals surface area contributed by atoms with Crippen molar-refractivity contribution < 1.29 is 0 Å². The molecule has 17 heavy (non-hydrogen) atoms. The summed E-state index contributed by atoms with van der Waals surface area (Å²) in [4.78, 5) is 5.50. The molecule has 0 aliphatic heterocycles. The number of hydrogen-bond donors (Lipinski definition) is 1. The van der Waals surface area contributed by atoms with Gasteiger partial charge >= 0.3 is 0 Å². The minimum Gasteiger partial charge on any atom is -0.324 e. The smallest absolute Gasteiger partial charge is 0.115 e. The molecule has 2 N–H and O–H groups in total. The standard InChI is InChI=1S/C13H13BrN2S/c1-9(15)10-5-2-3-7-12(10)17-13-11(14)6-4-8-16-13/h2-9H,15H2,1H3/t9-/m1/s1. The zero-order chi connectivity index (χ0) is 12.3. The van der Waals surface area contributed by atoms with Crippen LogP contribution in [0.25, 0.3) is 0 Å². The molecule has 2 nitrogen and oxygen atoms in total. The zero-order valence-corrected chi connectivity index (χ0v) is 11.8. The van der Waals surface area contributed by atoms with E-state index in [-0.39, 0.29) is 6.04 Å². The van der Waals surface area contributed by atoms with E-state index in [0.717, 1.165) is 20.0 Å². The van der Waals surface area contributed by atoms with E-state index in [2.05, 4.69) is 33.0 Å². The number of hydrogen-bond acceptors (Lipinski definition) is 3. The molecule has 0 spiro atoms. The van der Waals surface area contributed by atoms with Crippen LogP contribution >= 0.6 is 27.7 Å². The molecule has 0 saturated heterocycles. The Bertz CT molecular complexity index is 514. The largest absolute Gasteiger partial charge is 0.324 e. The fraction of sp³-hybridized carbons (Fsp3) is 0.154. The Balaban J connectivity index is 2.34. The van der Waals surface area contributed by atoms with Crippen LogP contribution in [0, 0.1) is 0 Å². The van der Waals surface area contributed by atoms with Crippen LogP contribution in [-0.4, -0.2) is 4.98 Å². The van der Waals surface area contributed by atoms with Crippen molar-refractivity contribution >= 4 is 27.7 Å². The number of nitrogens with two attached hydrogens (primary N) is 1. The van der Waals surface area contributed by atoms with Gasteiger partial charge in [0.25, 0.3) is 0 Å². The molecule has 88 valence electrons. The maximum Gasteiger partial charge on any atom is 0.115 e. The second kappa shape index (κ2) is 5.67. The first kappa shape index (κ1) is 12.6. The normalized spacial score (nSPS) is 12.4. The van der Waals surface area contributed by atoms with Crippen molar-refractivity contribution in [1.82, 2.24) is 4.98 Å². The Labute approximate surface area is 114 Å². The third-order valence-corrected chi connectivity index (χ3v) is 4.35. The molecule has 2 rings (SSSR count). The average Bonchev–Trinajstić information content (AvgIpc) is 2.32. The summed E-state index contributed by atoms with van der Waals surface area (Å²) in [6, 6.07) is 12.1. The van der Waals surface area contributed by atoms with E-state index < -0.39 is 0 Å². The maximum atomic E-state index is 5.96. The van der Waals surface area contributed by atoms with Crippen molar-refractivity contribution in [1.29, 1.82) is 0 Å². The number of pyridine rings is 1. The molecule has 0 saturated carbocycles. The van der Waals surface area contributed by atoms with Crippen LogP contribution in [0.4, 0.5) is 0 Å². The van der Waals surface area contributed by atoms with E-state index in [4.69, 9.17) is 5.73 Å². The lowest BCUT2D eigenvalue weighted by Gasteiger charge is -2.12. The lowest BCUT2D eigenvalue weighted by Crippen LogP contribution is -2.06. The topological polar surface area (TPSA) is 38.9 Å². The predicted molar refractivity (Wildman–Crippen MR) is 75.1 cm³/mol. The highest BCUT2D eigenvalue weighted by molar-refractivity contribution is 9.10. The molecule has 1 atom stereocenters. The number of benzene rings is 1. The van der Waals surface area contributed by atoms with Gasteiger partial charge < -0.3 is 5.73 Å². The maximum absolute atomic E-state index is 5.96. The minimum absolute atomic E-state index is 0.0289. The van der Waals surface area contributed by atoms with Gasteiger partial charge in [-0.15, -0.1) is 0 Å². The summed E-state index contributed by atoms with van der Waals surface area (Å²) in [7, 11) is 0. The first-order valence-electron chi connectivity index (χ1n) is 5.31. The molecule has 0 aliphatic rings. The molecular weight excluding hydrogens is 296 g/mol. The lowest BCUT2D eigenvalue weighted by atomic mass is 10.1. The quantitative estimate of drug-likeness (QED) is 0.931. The third-order valence-electron chi connectivity index (χ3n) is 2.34. The van der Waals surface area contributed by atoms with Gasteiger partial charge in [-0.1, -0.05) is 30.0 Å². The van der Waals surface area contributed by atoms with Crippen molar-refractivity contribution in [2.75, 3.05) is 0 Å². The third kappa shape index (κ3) is 3.09. The van der Waals surface area contributed by atoms with Gasteiger partial charge in [-0.2, -0.15) is 0 Å². The van der Waals surface area contributed by atoms with E-state index in [1.807, 2.05) is 31.2 Å². The van der Waals surface area contributed by atoms with Crippen molar-refractivity contribution in [3.8, 4) is 0 Å². The van der Waals surface area contributed by atoms with Gasteiger partial charge in [-0.25, -0.2) is 4.98 Å². The minimum atomic E-state index is 0.0289. The summed E-state index contributed by atoms with van der Waals surface area (Å²) in [6.45, 7) is 1.99. The number of rotatable bonds is 3. The van der Waals surface area contributed by atoms with E-state index in [1.54, 1.807) is 18.0 Å². The summed E-state index contributed by atoms with van der Waals surface area (Å²) in [5.41, 5.74) is 7.11. The molecule has 1 aromatic heterocycles. The average molecular weight is 309 g/mol. The van der Waals surface area contributed by atoms with Crippen LogP contribution in [0.1, 0.15) is 18.5 Å². The first-order valence-corrected chi connectivity index (χ1v) is 6.92. The van der Waals surface area contributed by atoms with Crippen molar-refractivity contribution in [3.05, 3.63) is 52.6 Å². The molecule has 0 bridgehead atoms. The summed E-state index contributed by atoms with van der Waals surface area (Å²) < 4.78 is 1.00. The number of halogens is 1. The molecule has 0 amide bonds. The Kier molecular flexibility index (Phi) is 4.20. The zero-order valence-electron chi connectivity index (χ0n) is 9.43. The molecule has 1 heterocycles. The van der Waals surface area contributed by atoms with Gasteiger partial charge in [-0.05, 0) is 46.6 Å². The van der Waals surface area contributed by atoms with Crippen LogP contribution < -0.4 is 5.73 Å². The van der Waals surface area contributed by atoms with Crippen LogP contribution in [0.2, 0.25) is 0 Å². The highest BCUT2D eigenvalue weighted by Crippen LogP contribution is 2.34. The van der Waals surface area contributed by atoms with Gasteiger partial charge in [0.05, 0.1) is 4.47 Å². The molecule has 4 heteroatoms. The summed E-state index contributed by atoms with van der Waals surface area (Å²) in [5.74, 6) is 0. The molecule has 0 aliphatic carbocycles. The summed E-state index contributed by atoms with van der Waals surface area (Å²) >= 11 is 5.13. The van der Waals surface area contributed by atoms with Crippen LogP contribution in [0.3, 0.4) is 0 Å². The predicted octanol–water partition coefficient (Wildman–Crippen LogP) is 4.02. The Morgan fingerprint density at radius 3 is 2.71 bits per heavy atom. The second-order valence-electron chi connectivity index (χ2n) is 3.72. The molecule has 2 aromatic rings. The molecule has 1 aromatic carbocycles. The second-order valence-corrected chi connectivity index (χ2v) is 5.60. The van der Waals surface area contributed by atoms with Crippen LogP contribution in [0.15, 0.2) is 57.0 Å². The van der Waals surface area contributed by atoms with E-state index in [0.29, 0.717) is 0 Å². The van der Waals surface area contributed by atoms with Gasteiger partial charge in [0, 0.05) is 17.1 Å². The van der Waals surface area contributed by atoms with Crippen molar-refractivity contribution in [2.45, 2.75) is 22.9 Å². The number of nitrogens with zero attached hydrogens (tertiary/aromatic N) is 1. The fourth-order valence-corrected chi connectivity index (χ4v) is 3.00. The van der Waals surface area contributed by atoms with Crippen molar-refractivity contribution in [2.24, 2.45) is 5.73 Å². The van der Waals surface area contributed by atoms with Gasteiger partial charge in [0.2, 0.25) is 0 Å². The monoisotopic (exact) mass is 308 g/mol. The molecule has 0 radical (unpaired) electrons. The Hall–Kier alpha value is -0.840. The SMILES string of the molecule is C[C@@H](N)c1ccccc1Sc1ncccc1Br.